The van der Waals surface area contributed by atoms with Gasteiger partial charge in [0.05, 0.1) is 17.7 Å². The second kappa shape index (κ2) is 8.22. The van der Waals surface area contributed by atoms with Gasteiger partial charge in [0.1, 0.15) is 17.7 Å². The average Bonchev–Trinajstić information content (AvgIpc) is 3.02. The van der Waals surface area contributed by atoms with Gasteiger partial charge < -0.3 is 10.2 Å². The Hall–Kier alpha value is -3.29. The molecule has 1 unspecified atom stereocenters. The number of piperidine rings is 1. The Labute approximate surface area is 175 Å². The van der Waals surface area contributed by atoms with E-state index in [1.165, 1.54) is 6.42 Å². The van der Waals surface area contributed by atoms with Gasteiger partial charge in [-0.1, -0.05) is 12.1 Å². The van der Waals surface area contributed by atoms with E-state index in [0.717, 1.165) is 42.3 Å². The molecule has 0 radical (unpaired) electrons. The molecule has 1 saturated heterocycles. The highest BCUT2D eigenvalue weighted by molar-refractivity contribution is 6.22. The van der Waals surface area contributed by atoms with Gasteiger partial charge in [0.25, 0.3) is 11.8 Å². The Morgan fingerprint density at radius 3 is 2.33 bits per heavy atom. The van der Waals surface area contributed by atoms with Gasteiger partial charge in [0.15, 0.2) is 0 Å². The summed E-state index contributed by atoms with van der Waals surface area (Å²) in [6.07, 6.45) is 3.53. The number of amides is 3. The number of hydrogen-bond acceptors (Lipinski definition) is 6. The van der Waals surface area contributed by atoms with Gasteiger partial charge in [0, 0.05) is 24.8 Å². The van der Waals surface area contributed by atoms with Crippen molar-refractivity contribution in [1.82, 2.24) is 20.2 Å². The highest BCUT2D eigenvalue weighted by atomic mass is 16.2. The Morgan fingerprint density at radius 2 is 1.70 bits per heavy atom. The third-order valence-electron chi connectivity index (χ3n) is 5.58. The zero-order valence-electron chi connectivity index (χ0n) is 17.2. The van der Waals surface area contributed by atoms with Crippen LogP contribution in [-0.2, 0) is 11.3 Å². The fourth-order valence-electron chi connectivity index (χ4n) is 3.97. The maximum absolute atomic E-state index is 12.7. The predicted octanol–water partition coefficient (Wildman–Crippen LogP) is 2.08. The monoisotopic (exact) mass is 407 g/mol. The van der Waals surface area contributed by atoms with Crippen LogP contribution in [0, 0.1) is 6.92 Å². The predicted molar refractivity (Wildman–Crippen MR) is 111 cm³/mol. The molecule has 3 amide bonds. The van der Waals surface area contributed by atoms with Gasteiger partial charge in [-0.3, -0.25) is 19.3 Å². The van der Waals surface area contributed by atoms with Crippen LogP contribution in [0.25, 0.3) is 0 Å². The van der Waals surface area contributed by atoms with Crippen LogP contribution in [0.2, 0.25) is 0 Å². The van der Waals surface area contributed by atoms with Gasteiger partial charge in [-0.15, -0.1) is 0 Å². The van der Waals surface area contributed by atoms with Crippen LogP contribution in [0.4, 0.5) is 5.82 Å². The maximum atomic E-state index is 12.7. The molecule has 3 heterocycles. The summed E-state index contributed by atoms with van der Waals surface area (Å²) in [6, 6.07) is 7.63. The van der Waals surface area contributed by atoms with E-state index in [1.54, 1.807) is 31.2 Å². The molecule has 1 atom stereocenters. The Bertz CT molecular complexity index is 965. The molecular weight excluding hydrogens is 382 g/mol. The van der Waals surface area contributed by atoms with E-state index in [2.05, 4.69) is 20.2 Å². The molecule has 2 aliphatic heterocycles. The van der Waals surface area contributed by atoms with E-state index in [0.29, 0.717) is 17.0 Å². The highest BCUT2D eigenvalue weighted by Crippen LogP contribution is 2.24. The number of nitrogens with zero attached hydrogens (tertiary/aromatic N) is 4. The molecule has 0 bridgehead atoms. The first kappa shape index (κ1) is 20.0. The number of aryl methyl sites for hydroxylation is 1. The first-order chi connectivity index (χ1) is 14.5. The fourth-order valence-corrected chi connectivity index (χ4v) is 3.97. The summed E-state index contributed by atoms with van der Waals surface area (Å²) in [5, 5.41) is 2.77. The maximum Gasteiger partial charge on any atom is 0.262 e. The molecular formula is C22H25N5O3. The van der Waals surface area contributed by atoms with Crippen LogP contribution in [0.15, 0.2) is 30.3 Å². The summed E-state index contributed by atoms with van der Waals surface area (Å²) >= 11 is 0. The summed E-state index contributed by atoms with van der Waals surface area (Å²) in [5.41, 5.74) is 1.49. The number of carbonyl (C=O) groups excluding carboxylic acids is 3. The number of anilines is 1. The summed E-state index contributed by atoms with van der Waals surface area (Å²) in [7, 11) is 0. The van der Waals surface area contributed by atoms with Crippen LogP contribution < -0.4 is 10.2 Å². The average molecular weight is 407 g/mol. The van der Waals surface area contributed by atoms with Crippen LogP contribution in [0.5, 0.6) is 0 Å². The Morgan fingerprint density at radius 1 is 1.07 bits per heavy atom. The zero-order chi connectivity index (χ0) is 21.3. The van der Waals surface area contributed by atoms with Crippen molar-refractivity contribution < 1.29 is 14.4 Å². The minimum Gasteiger partial charge on any atom is -0.357 e. The summed E-state index contributed by atoms with van der Waals surface area (Å²) < 4.78 is 0. The van der Waals surface area contributed by atoms with Crippen molar-refractivity contribution >= 4 is 23.5 Å². The lowest BCUT2D eigenvalue weighted by molar-refractivity contribution is -0.124. The van der Waals surface area contributed by atoms with Gasteiger partial charge >= 0.3 is 0 Å². The lowest BCUT2D eigenvalue weighted by Crippen LogP contribution is -2.47. The highest BCUT2D eigenvalue weighted by Gasteiger charge is 2.40. The normalized spacial score (nSPS) is 17.1. The molecule has 2 aromatic rings. The lowest BCUT2D eigenvalue weighted by Gasteiger charge is -2.28. The number of imide groups is 1. The largest absolute Gasteiger partial charge is 0.357 e. The van der Waals surface area contributed by atoms with Gasteiger partial charge in [-0.2, -0.15) is 0 Å². The van der Waals surface area contributed by atoms with Crippen molar-refractivity contribution in [3.05, 3.63) is 53.0 Å². The fraction of sp³-hybridized carbons (Fsp3) is 0.409. The van der Waals surface area contributed by atoms with Crippen LogP contribution >= 0.6 is 0 Å². The van der Waals surface area contributed by atoms with E-state index in [9.17, 15) is 14.4 Å². The minimum absolute atomic E-state index is 0.134. The van der Waals surface area contributed by atoms with Gasteiger partial charge in [-0.25, -0.2) is 9.97 Å². The molecule has 0 saturated carbocycles. The third-order valence-corrected chi connectivity index (χ3v) is 5.58. The Kier molecular flexibility index (Phi) is 5.48. The van der Waals surface area contributed by atoms with Crippen molar-refractivity contribution in [2.24, 2.45) is 0 Å². The van der Waals surface area contributed by atoms with E-state index in [4.69, 9.17) is 0 Å². The zero-order valence-corrected chi connectivity index (χ0v) is 17.2. The van der Waals surface area contributed by atoms with E-state index in [-0.39, 0.29) is 6.54 Å². The lowest BCUT2D eigenvalue weighted by atomic mass is 10.1. The smallest absolute Gasteiger partial charge is 0.262 e. The molecule has 0 aliphatic carbocycles. The molecule has 30 heavy (non-hydrogen) atoms. The molecule has 1 N–H and O–H groups in total. The van der Waals surface area contributed by atoms with Crippen LogP contribution in [0.1, 0.15) is 58.4 Å². The molecule has 4 rings (SSSR count). The SMILES string of the molecule is Cc1cc(N2CCCCC2)nc(CNC(=O)C(C)N2C(=O)c3ccccc3C2=O)n1. The van der Waals surface area contributed by atoms with E-state index >= 15 is 0 Å². The quantitative estimate of drug-likeness (QED) is 0.763. The number of benzene rings is 1. The molecule has 1 aromatic carbocycles. The third kappa shape index (κ3) is 3.77. The van der Waals surface area contributed by atoms with E-state index < -0.39 is 23.8 Å². The molecule has 2 aliphatic rings. The van der Waals surface area contributed by atoms with Crippen molar-refractivity contribution in [3.8, 4) is 0 Å². The number of nitrogens with one attached hydrogen (secondary N) is 1. The topological polar surface area (TPSA) is 95.5 Å². The molecule has 8 nitrogen and oxygen atoms in total. The number of aromatic nitrogens is 2. The van der Waals surface area contributed by atoms with Crippen LogP contribution in [-0.4, -0.2) is 51.7 Å². The van der Waals surface area contributed by atoms with Crippen LogP contribution in [0.3, 0.4) is 0 Å². The van der Waals surface area contributed by atoms with Gasteiger partial charge in [0.2, 0.25) is 5.91 Å². The summed E-state index contributed by atoms with van der Waals surface area (Å²) in [6.45, 7) is 5.53. The number of fused-ring (bicyclic) bond motifs is 1. The molecule has 1 aromatic heterocycles. The molecule has 156 valence electrons. The summed E-state index contributed by atoms with van der Waals surface area (Å²) in [4.78, 5) is 50.1. The minimum atomic E-state index is -0.927. The summed E-state index contributed by atoms with van der Waals surface area (Å²) in [5.74, 6) is 0.0716. The number of rotatable bonds is 5. The van der Waals surface area contributed by atoms with Crippen molar-refractivity contribution in [2.75, 3.05) is 18.0 Å². The first-order valence-corrected chi connectivity index (χ1v) is 10.3. The second-order valence-electron chi connectivity index (χ2n) is 7.75. The van der Waals surface area contributed by atoms with E-state index in [1.807, 2.05) is 13.0 Å². The standard InChI is InChI=1S/C22H25N5O3/c1-14-12-19(26-10-6-3-7-11-26)25-18(24-14)13-23-20(28)15(2)27-21(29)16-8-4-5-9-17(16)22(27)30/h4-5,8-9,12,15H,3,6-7,10-11,13H2,1-2H3,(H,23,28). The van der Waals surface area contributed by atoms with Gasteiger partial charge in [-0.05, 0) is 45.2 Å². The number of carbonyl (C=O) groups is 3. The van der Waals surface area contributed by atoms with Crippen molar-refractivity contribution in [1.29, 1.82) is 0 Å². The van der Waals surface area contributed by atoms with Crippen molar-refractivity contribution in [2.45, 2.75) is 45.7 Å². The first-order valence-electron chi connectivity index (χ1n) is 10.3. The molecule has 0 spiro atoms. The second-order valence-corrected chi connectivity index (χ2v) is 7.75. The Balaban J connectivity index is 1.43. The number of hydrogen-bond donors (Lipinski definition) is 1. The van der Waals surface area contributed by atoms with Crippen molar-refractivity contribution in [3.63, 3.8) is 0 Å². The molecule has 8 heteroatoms. The molecule has 1 fully saturated rings.